The van der Waals surface area contributed by atoms with Gasteiger partial charge < -0.3 is 14.6 Å². The number of phenols is 1. The number of nitrogens with zero attached hydrogens (tertiary/aromatic N) is 1. The number of esters is 1. The van der Waals surface area contributed by atoms with Gasteiger partial charge in [0.05, 0.1) is 24.5 Å². The van der Waals surface area contributed by atoms with Gasteiger partial charge >= 0.3 is 5.97 Å². The van der Waals surface area contributed by atoms with Crippen molar-refractivity contribution in [3.05, 3.63) is 100 Å². The largest absolute Gasteiger partial charge is 0.507 e. The number of nitrogens with one attached hydrogen (secondary N) is 1. The van der Waals surface area contributed by atoms with E-state index in [9.17, 15) is 14.7 Å². The Labute approximate surface area is 203 Å². The summed E-state index contributed by atoms with van der Waals surface area (Å²) in [7, 11) is 1.46. The molecule has 0 fully saturated rings. The lowest BCUT2D eigenvalue weighted by atomic mass is 10.1. The third kappa shape index (κ3) is 5.24. The second-order valence-corrected chi connectivity index (χ2v) is 8.14. The highest BCUT2D eigenvalue weighted by Crippen LogP contribution is 2.29. The zero-order chi connectivity index (χ0) is 24.1. The first-order valence-corrected chi connectivity index (χ1v) is 10.9. The molecule has 0 saturated carbocycles. The number of ether oxygens (including phenoxy) is 2. The van der Waals surface area contributed by atoms with Crippen molar-refractivity contribution in [2.24, 2.45) is 5.10 Å². The van der Waals surface area contributed by atoms with Gasteiger partial charge in [0.15, 0.2) is 11.5 Å². The molecular formula is C26H19BrN2O5. The molecule has 1 amide bonds. The van der Waals surface area contributed by atoms with Gasteiger partial charge in [-0.05, 0) is 64.9 Å². The van der Waals surface area contributed by atoms with Crippen LogP contribution in [0.1, 0.15) is 26.3 Å². The quantitative estimate of drug-likeness (QED) is 0.156. The van der Waals surface area contributed by atoms with Crippen molar-refractivity contribution in [1.29, 1.82) is 0 Å². The van der Waals surface area contributed by atoms with E-state index in [1.54, 1.807) is 42.5 Å². The summed E-state index contributed by atoms with van der Waals surface area (Å²) >= 11 is 3.33. The summed E-state index contributed by atoms with van der Waals surface area (Å²) in [6.07, 6.45) is 1.42. The summed E-state index contributed by atoms with van der Waals surface area (Å²) in [4.78, 5) is 24.9. The van der Waals surface area contributed by atoms with Gasteiger partial charge in [0, 0.05) is 4.47 Å². The zero-order valence-electron chi connectivity index (χ0n) is 18.0. The Hall–Kier alpha value is -4.17. The van der Waals surface area contributed by atoms with Crippen molar-refractivity contribution in [2.75, 3.05) is 7.11 Å². The first-order chi connectivity index (χ1) is 16.4. The lowest BCUT2D eigenvalue weighted by Crippen LogP contribution is -2.17. The van der Waals surface area contributed by atoms with Crippen LogP contribution in [-0.4, -0.2) is 30.3 Å². The molecular weight excluding hydrogens is 500 g/mol. The number of hydrogen-bond acceptors (Lipinski definition) is 6. The molecule has 0 unspecified atom stereocenters. The number of aromatic hydroxyl groups is 1. The van der Waals surface area contributed by atoms with Gasteiger partial charge in [-0.3, -0.25) is 4.79 Å². The van der Waals surface area contributed by atoms with Crippen LogP contribution >= 0.6 is 15.9 Å². The van der Waals surface area contributed by atoms with E-state index in [-0.39, 0.29) is 17.1 Å². The van der Waals surface area contributed by atoms with Crippen molar-refractivity contribution < 1.29 is 24.2 Å². The Morgan fingerprint density at radius 2 is 1.71 bits per heavy atom. The van der Waals surface area contributed by atoms with Crippen LogP contribution in [0.3, 0.4) is 0 Å². The number of carbonyl (C=O) groups excluding carboxylic acids is 2. The molecule has 0 spiro atoms. The first kappa shape index (κ1) is 23.0. The molecule has 0 aliphatic carbocycles. The number of methoxy groups -OCH3 is 1. The van der Waals surface area contributed by atoms with Gasteiger partial charge in [-0.2, -0.15) is 5.10 Å². The average Bonchev–Trinajstić information content (AvgIpc) is 2.84. The van der Waals surface area contributed by atoms with E-state index >= 15 is 0 Å². The van der Waals surface area contributed by atoms with Crippen molar-refractivity contribution in [3.8, 4) is 17.2 Å². The molecule has 0 heterocycles. The Balaban J connectivity index is 1.46. The number of amides is 1. The van der Waals surface area contributed by atoms with Gasteiger partial charge in [-0.1, -0.05) is 46.3 Å². The third-order valence-electron chi connectivity index (χ3n) is 4.94. The second-order valence-electron chi connectivity index (χ2n) is 7.23. The zero-order valence-corrected chi connectivity index (χ0v) is 19.6. The Bertz CT molecular complexity index is 1420. The summed E-state index contributed by atoms with van der Waals surface area (Å²) in [5, 5.41) is 15.8. The van der Waals surface area contributed by atoms with E-state index in [2.05, 4.69) is 26.5 Å². The molecule has 4 rings (SSSR count). The highest BCUT2D eigenvalue weighted by molar-refractivity contribution is 9.10. The first-order valence-electron chi connectivity index (χ1n) is 10.2. The number of carbonyl (C=O) groups is 2. The fraction of sp³-hybridized carbons (Fsp3) is 0.0385. The maximum Gasteiger partial charge on any atom is 0.343 e. The molecule has 4 aromatic rings. The van der Waals surface area contributed by atoms with Gasteiger partial charge in [0.25, 0.3) is 5.91 Å². The normalized spacial score (nSPS) is 10.9. The monoisotopic (exact) mass is 518 g/mol. The van der Waals surface area contributed by atoms with Crippen LogP contribution in [-0.2, 0) is 0 Å². The van der Waals surface area contributed by atoms with Crippen LogP contribution in [0.5, 0.6) is 17.2 Å². The number of benzene rings is 4. The molecule has 0 aliphatic rings. The fourth-order valence-corrected chi connectivity index (χ4v) is 3.66. The van der Waals surface area contributed by atoms with Crippen LogP contribution in [0.2, 0.25) is 0 Å². The molecule has 8 heteroatoms. The Morgan fingerprint density at radius 3 is 2.44 bits per heavy atom. The van der Waals surface area contributed by atoms with Crippen LogP contribution in [0.15, 0.2) is 88.4 Å². The van der Waals surface area contributed by atoms with Gasteiger partial charge in [0.2, 0.25) is 0 Å². The molecule has 0 bridgehead atoms. The lowest BCUT2D eigenvalue weighted by Gasteiger charge is -2.10. The summed E-state index contributed by atoms with van der Waals surface area (Å²) in [6.45, 7) is 0. The highest BCUT2D eigenvalue weighted by Gasteiger charge is 2.14. The minimum atomic E-state index is -0.550. The third-order valence-corrected chi connectivity index (χ3v) is 5.43. The van der Waals surface area contributed by atoms with Crippen LogP contribution in [0, 0.1) is 0 Å². The summed E-state index contributed by atoms with van der Waals surface area (Å²) in [5.41, 5.74) is 3.51. The van der Waals surface area contributed by atoms with Gasteiger partial charge in [0.1, 0.15) is 5.75 Å². The van der Waals surface area contributed by atoms with E-state index in [0.29, 0.717) is 16.9 Å². The SMILES string of the molecule is COc1cc(C=NNC(=O)c2cc3ccccc3cc2O)ccc1OC(=O)c1cccc(Br)c1. The second kappa shape index (κ2) is 10.2. The topological polar surface area (TPSA) is 97.2 Å². The molecule has 2 N–H and O–H groups in total. The fourth-order valence-electron chi connectivity index (χ4n) is 3.26. The smallest absolute Gasteiger partial charge is 0.343 e. The maximum atomic E-state index is 12.5. The molecule has 34 heavy (non-hydrogen) atoms. The molecule has 0 atom stereocenters. The van der Waals surface area contributed by atoms with E-state index in [1.165, 1.54) is 19.4 Å². The number of hydrogen-bond donors (Lipinski definition) is 2. The molecule has 7 nitrogen and oxygen atoms in total. The summed E-state index contributed by atoms with van der Waals surface area (Å²) < 4.78 is 11.5. The van der Waals surface area contributed by atoms with Crippen molar-refractivity contribution in [1.82, 2.24) is 5.43 Å². The average molecular weight is 519 g/mol. The van der Waals surface area contributed by atoms with E-state index in [4.69, 9.17) is 9.47 Å². The van der Waals surface area contributed by atoms with E-state index in [1.807, 2.05) is 30.3 Å². The standard InChI is InChI=1S/C26H19BrN2O5/c1-33-24-11-16(9-10-23(24)34-26(32)19-7-4-8-20(27)12-19)15-28-29-25(31)21-13-17-5-2-3-6-18(17)14-22(21)30/h2-15,30H,1H3,(H,29,31). The lowest BCUT2D eigenvalue weighted by molar-refractivity contribution is 0.0729. The van der Waals surface area contributed by atoms with Crippen LogP contribution in [0.4, 0.5) is 0 Å². The summed E-state index contributed by atoms with van der Waals surface area (Å²) in [5.74, 6) is -0.639. The summed E-state index contributed by atoms with van der Waals surface area (Å²) in [6, 6.07) is 22.3. The number of phenolic OH excluding ortho intramolecular Hbond substituents is 1. The number of hydrazone groups is 1. The van der Waals surface area contributed by atoms with Crippen molar-refractivity contribution >= 4 is 44.8 Å². The van der Waals surface area contributed by atoms with Crippen LogP contribution in [0.25, 0.3) is 10.8 Å². The molecule has 4 aromatic carbocycles. The molecule has 0 radical (unpaired) electrons. The minimum absolute atomic E-state index is 0.114. The molecule has 0 aliphatic heterocycles. The minimum Gasteiger partial charge on any atom is -0.507 e. The van der Waals surface area contributed by atoms with Crippen LogP contribution < -0.4 is 14.9 Å². The maximum absolute atomic E-state index is 12.5. The number of rotatable bonds is 6. The number of halogens is 1. The molecule has 0 saturated heterocycles. The van der Waals surface area contributed by atoms with Crippen molar-refractivity contribution in [2.45, 2.75) is 0 Å². The number of fused-ring (bicyclic) bond motifs is 1. The Kier molecular flexibility index (Phi) is 6.89. The molecule has 0 aromatic heterocycles. The van der Waals surface area contributed by atoms with Gasteiger partial charge in [-0.15, -0.1) is 0 Å². The van der Waals surface area contributed by atoms with E-state index in [0.717, 1.165) is 15.2 Å². The van der Waals surface area contributed by atoms with Crippen molar-refractivity contribution in [3.63, 3.8) is 0 Å². The predicted octanol–water partition coefficient (Wildman–Crippen LogP) is 5.30. The Morgan fingerprint density at radius 1 is 0.941 bits per heavy atom. The predicted molar refractivity (Wildman–Crippen MR) is 133 cm³/mol. The molecule has 170 valence electrons. The van der Waals surface area contributed by atoms with Gasteiger partial charge in [-0.25, -0.2) is 10.2 Å². The highest BCUT2D eigenvalue weighted by atomic mass is 79.9. The van der Waals surface area contributed by atoms with E-state index < -0.39 is 11.9 Å².